The van der Waals surface area contributed by atoms with Crippen molar-refractivity contribution in [3.8, 4) is 0 Å². The van der Waals surface area contributed by atoms with E-state index in [2.05, 4.69) is 34.7 Å². The smallest absolute Gasteiger partial charge is 0.191 e. The summed E-state index contributed by atoms with van der Waals surface area (Å²) >= 11 is 1.80. The van der Waals surface area contributed by atoms with Gasteiger partial charge in [0.05, 0.1) is 25.9 Å². The molecule has 118 valence electrons. The molecular weight excluding hydrogens is 286 g/mol. The van der Waals surface area contributed by atoms with Crippen molar-refractivity contribution in [3.63, 3.8) is 0 Å². The predicted octanol–water partition coefficient (Wildman–Crippen LogP) is 1.92. The number of rotatable bonds is 7. The van der Waals surface area contributed by atoms with Crippen LogP contribution >= 0.6 is 11.3 Å². The molecule has 2 N–H and O–H groups in total. The van der Waals surface area contributed by atoms with Crippen LogP contribution in [0.4, 0.5) is 0 Å². The lowest BCUT2D eigenvalue weighted by Gasteiger charge is -2.13. The summed E-state index contributed by atoms with van der Waals surface area (Å²) < 4.78 is 11.1. The average molecular weight is 311 g/mol. The zero-order chi connectivity index (χ0) is 14.9. The van der Waals surface area contributed by atoms with E-state index in [-0.39, 0.29) is 0 Å². The van der Waals surface area contributed by atoms with Crippen molar-refractivity contribution in [2.75, 3.05) is 33.4 Å². The molecule has 1 aromatic heterocycles. The zero-order valence-corrected chi connectivity index (χ0v) is 13.7. The summed E-state index contributed by atoms with van der Waals surface area (Å²) in [6, 6.07) is 4.28. The van der Waals surface area contributed by atoms with Crippen LogP contribution in [0.2, 0.25) is 0 Å². The van der Waals surface area contributed by atoms with Gasteiger partial charge >= 0.3 is 0 Å². The van der Waals surface area contributed by atoms with Gasteiger partial charge in [-0.25, -0.2) is 0 Å². The van der Waals surface area contributed by atoms with Gasteiger partial charge in [-0.3, -0.25) is 4.99 Å². The number of hydrogen-bond acceptors (Lipinski definition) is 4. The second kappa shape index (κ2) is 9.02. The molecule has 1 aliphatic rings. The lowest BCUT2D eigenvalue weighted by molar-refractivity contribution is 0.0191. The molecular formula is C15H25N3O2S. The third-order valence-electron chi connectivity index (χ3n) is 3.32. The molecule has 0 saturated carbocycles. The topological polar surface area (TPSA) is 54.9 Å². The quantitative estimate of drug-likeness (QED) is 0.459. The van der Waals surface area contributed by atoms with Crippen LogP contribution in [0.15, 0.2) is 17.1 Å². The maximum Gasteiger partial charge on any atom is 0.191 e. The highest BCUT2D eigenvalue weighted by Gasteiger charge is 2.14. The fourth-order valence-electron chi connectivity index (χ4n) is 2.20. The molecule has 0 aromatic carbocycles. The van der Waals surface area contributed by atoms with Crippen LogP contribution in [0.25, 0.3) is 0 Å². The molecule has 1 unspecified atom stereocenters. The Bertz CT molecular complexity index is 442. The number of nitrogens with one attached hydrogen (secondary N) is 2. The van der Waals surface area contributed by atoms with E-state index in [4.69, 9.17) is 9.47 Å². The SMILES string of the molecule is CN=C(NCCOCC1CCCO1)NCc1ccc(C)s1. The van der Waals surface area contributed by atoms with Gasteiger partial charge in [-0.05, 0) is 31.9 Å². The Morgan fingerprint density at radius 2 is 2.38 bits per heavy atom. The van der Waals surface area contributed by atoms with Crippen LogP contribution in [0.1, 0.15) is 22.6 Å². The molecule has 0 bridgehead atoms. The molecule has 21 heavy (non-hydrogen) atoms. The Kier molecular flexibility index (Phi) is 6.99. The molecule has 1 aliphatic heterocycles. The first-order valence-electron chi connectivity index (χ1n) is 7.47. The van der Waals surface area contributed by atoms with Crippen molar-refractivity contribution in [3.05, 3.63) is 21.9 Å². The number of hydrogen-bond donors (Lipinski definition) is 2. The fourth-order valence-corrected chi connectivity index (χ4v) is 3.03. The highest BCUT2D eigenvalue weighted by atomic mass is 32.1. The summed E-state index contributed by atoms with van der Waals surface area (Å²) in [5.41, 5.74) is 0. The van der Waals surface area contributed by atoms with Gasteiger partial charge in [-0.2, -0.15) is 0 Å². The second-order valence-corrected chi connectivity index (χ2v) is 6.45. The summed E-state index contributed by atoms with van der Waals surface area (Å²) in [4.78, 5) is 6.84. The van der Waals surface area contributed by atoms with Crippen molar-refractivity contribution in [2.45, 2.75) is 32.4 Å². The first-order valence-corrected chi connectivity index (χ1v) is 8.29. The molecule has 0 radical (unpaired) electrons. The first-order chi connectivity index (χ1) is 10.3. The Morgan fingerprint density at radius 3 is 3.05 bits per heavy atom. The summed E-state index contributed by atoms with van der Waals surface area (Å²) in [6.07, 6.45) is 2.58. The number of aryl methyl sites for hydroxylation is 1. The van der Waals surface area contributed by atoms with Crippen molar-refractivity contribution in [2.24, 2.45) is 4.99 Å². The van der Waals surface area contributed by atoms with E-state index in [9.17, 15) is 0 Å². The van der Waals surface area contributed by atoms with Gasteiger partial charge in [0.2, 0.25) is 0 Å². The number of nitrogens with zero attached hydrogens (tertiary/aromatic N) is 1. The molecule has 5 nitrogen and oxygen atoms in total. The Hall–Kier alpha value is -1.11. The third-order valence-corrected chi connectivity index (χ3v) is 4.32. The minimum Gasteiger partial charge on any atom is -0.377 e. The first kappa shape index (κ1) is 16.3. The van der Waals surface area contributed by atoms with Crippen molar-refractivity contribution in [1.82, 2.24) is 10.6 Å². The minimum absolute atomic E-state index is 0.296. The lowest BCUT2D eigenvalue weighted by Crippen LogP contribution is -2.38. The summed E-state index contributed by atoms with van der Waals surface area (Å²) in [5, 5.41) is 6.55. The fraction of sp³-hybridized carbons (Fsp3) is 0.667. The summed E-state index contributed by atoms with van der Waals surface area (Å²) in [6.45, 7) is 5.91. The van der Waals surface area contributed by atoms with Gasteiger partial charge in [0.25, 0.3) is 0 Å². The highest BCUT2D eigenvalue weighted by Crippen LogP contribution is 2.14. The number of aliphatic imine (C=N–C) groups is 1. The molecule has 6 heteroatoms. The van der Waals surface area contributed by atoms with Crippen LogP contribution < -0.4 is 10.6 Å². The Morgan fingerprint density at radius 1 is 1.48 bits per heavy atom. The van der Waals surface area contributed by atoms with Crippen molar-refractivity contribution in [1.29, 1.82) is 0 Å². The highest BCUT2D eigenvalue weighted by molar-refractivity contribution is 7.11. The van der Waals surface area contributed by atoms with E-state index >= 15 is 0 Å². The van der Waals surface area contributed by atoms with Crippen molar-refractivity contribution < 1.29 is 9.47 Å². The number of ether oxygens (including phenoxy) is 2. The van der Waals surface area contributed by atoms with Crippen molar-refractivity contribution >= 4 is 17.3 Å². The molecule has 2 rings (SSSR count). The van der Waals surface area contributed by atoms with E-state index in [1.807, 2.05) is 0 Å². The number of thiophene rings is 1. The maximum atomic E-state index is 5.61. The Balaban J connectivity index is 1.55. The molecule has 0 amide bonds. The van der Waals surface area contributed by atoms with Crippen LogP contribution in [-0.4, -0.2) is 45.5 Å². The van der Waals surface area contributed by atoms with Crippen LogP contribution in [0.3, 0.4) is 0 Å². The van der Waals surface area contributed by atoms with Gasteiger partial charge in [-0.15, -0.1) is 11.3 Å². The largest absolute Gasteiger partial charge is 0.377 e. The van der Waals surface area contributed by atoms with E-state index < -0.39 is 0 Å². The molecule has 2 heterocycles. The van der Waals surface area contributed by atoms with Gasteiger partial charge in [0, 0.05) is 30.0 Å². The van der Waals surface area contributed by atoms with Crippen LogP contribution in [0.5, 0.6) is 0 Å². The van der Waals surface area contributed by atoms with Gasteiger partial charge in [0.15, 0.2) is 5.96 Å². The second-order valence-electron chi connectivity index (χ2n) is 5.07. The van der Waals surface area contributed by atoms with E-state index in [1.165, 1.54) is 9.75 Å². The molecule has 1 atom stereocenters. The summed E-state index contributed by atoms with van der Waals surface area (Å²) in [7, 11) is 1.78. The third kappa shape index (κ3) is 6.03. The molecule has 0 aliphatic carbocycles. The minimum atomic E-state index is 0.296. The van der Waals surface area contributed by atoms with Gasteiger partial charge in [0.1, 0.15) is 0 Å². The summed E-state index contributed by atoms with van der Waals surface area (Å²) in [5.74, 6) is 0.807. The van der Waals surface area contributed by atoms with E-state index in [0.29, 0.717) is 19.3 Å². The normalized spacial score (nSPS) is 19.0. The standard InChI is InChI=1S/C15H25N3O2S/c1-12-5-6-14(21-12)10-18-15(16-2)17-7-9-19-11-13-4-3-8-20-13/h5-6,13H,3-4,7-11H2,1-2H3,(H2,16,17,18). The maximum absolute atomic E-state index is 5.61. The monoisotopic (exact) mass is 311 g/mol. The van der Waals surface area contributed by atoms with E-state index in [1.54, 1.807) is 18.4 Å². The molecule has 1 aromatic rings. The molecule has 1 fully saturated rings. The predicted molar refractivity (Wildman–Crippen MR) is 87.1 cm³/mol. The van der Waals surface area contributed by atoms with Crippen LogP contribution in [0, 0.1) is 6.92 Å². The number of guanidine groups is 1. The van der Waals surface area contributed by atoms with Gasteiger partial charge in [-0.1, -0.05) is 0 Å². The van der Waals surface area contributed by atoms with Crippen LogP contribution in [-0.2, 0) is 16.0 Å². The average Bonchev–Trinajstić information content (AvgIpc) is 3.13. The zero-order valence-electron chi connectivity index (χ0n) is 12.9. The molecule has 1 saturated heterocycles. The van der Waals surface area contributed by atoms with E-state index in [0.717, 1.165) is 38.5 Å². The molecule has 0 spiro atoms. The Labute approximate surface area is 130 Å². The lowest BCUT2D eigenvalue weighted by atomic mass is 10.2. The van der Waals surface area contributed by atoms with Gasteiger partial charge < -0.3 is 20.1 Å².